The highest BCUT2D eigenvalue weighted by Crippen LogP contribution is 2.26. The van der Waals surface area contributed by atoms with Crippen LogP contribution in [0.3, 0.4) is 0 Å². The maximum atomic E-state index is 12.8. The van der Waals surface area contributed by atoms with Crippen molar-refractivity contribution in [2.24, 2.45) is 0 Å². The van der Waals surface area contributed by atoms with Crippen molar-refractivity contribution in [2.75, 3.05) is 18.9 Å². The van der Waals surface area contributed by atoms with Crippen molar-refractivity contribution >= 4 is 21.7 Å². The summed E-state index contributed by atoms with van der Waals surface area (Å²) in [6.45, 7) is 0.0342. The summed E-state index contributed by atoms with van der Waals surface area (Å²) in [6.07, 6.45) is 0. The molecule has 0 aliphatic rings. The molecule has 0 fully saturated rings. The lowest BCUT2D eigenvalue weighted by Gasteiger charge is -2.12. The Kier molecular flexibility index (Phi) is 6.58. The summed E-state index contributed by atoms with van der Waals surface area (Å²) in [5.41, 5.74) is 1.18. The summed E-state index contributed by atoms with van der Waals surface area (Å²) >= 11 is 0. The molecule has 3 aromatic rings. The van der Waals surface area contributed by atoms with Crippen molar-refractivity contribution in [3.05, 3.63) is 83.9 Å². The van der Waals surface area contributed by atoms with Gasteiger partial charge in [0.05, 0.1) is 30.4 Å². The molecule has 0 spiro atoms. The van der Waals surface area contributed by atoms with Crippen LogP contribution in [0.25, 0.3) is 0 Å². The van der Waals surface area contributed by atoms with Crippen LogP contribution in [0.4, 0.5) is 5.69 Å². The number of rotatable bonds is 8. The molecule has 3 rings (SSSR count). The van der Waals surface area contributed by atoms with E-state index in [-0.39, 0.29) is 17.1 Å². The molecule has 0 aliphatic heterocycles. The minimum atomic E-state index is -3.93. The second-order valence-corrected chi connectivity index (χ2v) is 7.94. The highest BCUT2D eigenvalue weighted by Gasteiger charge is 2.19. The molecule has 0 saturated heterocycles. The monoisotopic (exact) mass is 427 g/mol. The molecule has 0 amide bonds. The predicted molar refractivity (Wildman–Crippen MR) is 112 cm³/mol. The molecule has 0 aliphatic carbocycles. The molecule has 0 unspecified atom stereocenters. The number of carbonyl (C=O) groups excluding carboxylic acids is 1. The minimum absolute atomic E-state index is 0.0342. The van der Waals surface area contributed by atoms with Crippen LogP contribution >= 0.6 is 0 Å². The molecule has 0 atom stereocenters. The average Bonchev–Trinajstić information content (AvgIpc) is 2.78. The largest absolute Gasteiger partial charge is 0.497 e. The Labute approximate surface area is 175 Å². The van der Waals surface area contributed by atoms with Crippen LogP contribution in [-0.4, -0.2) is 28.6 Å². The van der Waals surface area contributed by atoms with Crippen molar-refractivity contribution in [1.82, 2.24) is 0 Å². The summed E-state index contributed by atoms with van der Waals surface area (Å²) in [7, 11) is -0.930. The smallest absolute Gasteiger partial charge is 0.338 e. The van der Waals surface area contributed by atoms with Gasteiger partial charge in [0, 0.05) is 0 Å². The van der Waals surface area contributed by atoms with E-state index >= 15 is 0 Å². The van der Waals surface area contributed by atoms with Crippen molar-refractivity contribution in [3.63, 3.8) is 0 Å². The highest BCUT2D eigenvalue weighted by molar-refractivity contribution is 7.92. The fourth-order valence-corrected chi connectivity index (χ4v) is 3.83. The number of hydrogen-bond donors (Lipinski definition) is 1. The van der Waals surface area contributed by atoms with Crippen LogP contribution in [0.5, 0.6) is 11.5 Å². The number of anilines is 1. The van der Waals surface area contributed by atoms with E-state index in [2.05, 4.69) is 4.72 Å². The zero-order valence-electron chi connectivity index (χ0n) is 16.5. The third-order valence-corrected chi connectivity index (χ3v) is 5.60. The second-order valence-electron chi connectivity index (χ2n) is 6.26. The number of para-hydroxylation sites is 2. The lowest BCUT2D eigenvalue weighted by molar-refractivity contribution is 0.0472. The maximum absolute atomic E-state index is 12.8. The Hall–Kier alpha value is -3.52. The van der Waals surface area contributed by atoms with E-state index in [9.17, 15) is 13.2 Å². The zero-order chi connectivity index (χ0) is 21.6. The zero-order valence-corrected chi connectivity index (χ0v) is 17.3. The van der Waals surface area contributed by atoms with E-state index in [1.807, 2.05) is 0 Å². The number of sulfonamides is 1. The maximum Gasteiger partial charge on any atom is 0.338 e. The number of esters is 1. The fraction of sp³-hybridized carbons (Fsp3) is 0.136. The molecule has 3 aromatic carbocycles. The van der Waals surface area contributed by atoms with E-state index in [0.29, 0.717) is 17.2 Å². The van der Waals surface area contributed by atoms with Crippen molar-refractivity contribution in [3.8, 4) is 11.5 Å². The first kappa shape index (κ1) is 21.2. The number of carbonyl (C=O) groups is 1. The summed E-state index contributed by atoms with van der Waals surface area (Å²) in [4.78, 5) is 12.4. The van der Waals surface area contributed by atoms with E-state index in [1.54, 1.807) is 55.6 Å². The van der Waals surface area contributed by atoms with E-state index < -0.39 is 16.0 Å². The van der Waals surface area contributed by atoms with Crippen LogP contribution in [0.15, 0.2) is 77.7 Å². The summed E-state index contributed by atoms with van der Waals surface area (Å²) in [5.74, 6) is 0.404. The molecule has 0 radical (unpaired) electrons. The van der Waals surface area contributed by atoms with Gasteiger partial charge in [-0.2, -0.15) is 0 Å². The van der Waals surface area contributed by atoms with E-state index in [4.69, 9.17) is 14.2 Å². The summed E-state index contributed by atoms with van der Waals surface area (Å²) in [5, 5.41) is 0. The number of hydrogen-bond acceptors (Lipinski definition) is 6. The lowest BCUT2D eigenvalue weighted by Crippen LogP contribution is -2.14. The van der Waals surface area contributed by atoms with Crippen molar-refractivity contribution < 1.29 is 27.4 Å². The van der Waals surface area contributed by atoms with Crippen LogP contribution in [0.1, 0.15) is 15.9 Å². The van der Waals surface area contributed by atoms with Gasteiger partial charge in [-0.25, -0.2) is 13.2 Å². The topological polar surface area (TPSA) is 90.9 Å². The van der Waals surface area contributed by atoms with Crippen molar-refractivity contribution in [2.45, 2.75) is 11.5 Å². The van der Waals surface area contributed by atoms with E-state index in [0.717, 1.165) is 5.56 Å². The van der Waals surface area contributed by atoms with Crippen molar-refractivity contribution in [1.29, 1.82) is 0 Å². The first-order valence-corrected chi connectivity index (χ1v) is 10.5. The van der Waals surface area contributed by atoms with Gasteiger partial charge >= 0.3 is 5.97 Å². The van der Waals surface area contributed by atoms with Gasteiger partial charge in [0.1, 0.15) is 18.1 Å². The molecule has 0 aromatic heterocycles. The molecule has 7 nitrogen and oxygen atoms in total. The summed E-state index contributed by atoms with van der Waals surface area (Å²) in [6, 6.07) is 19.4. The number of nitrogens with one attached hydrogen (secondary N) is 1. The Bertz CT molecular complexity index is 1140. The fourth-order valence-electron chi connectivity index (χ4n) is 2.72. The van der Waals surface area contributed by atoms with Gasteiger partial charge in [0.2, 0.25) is 0 Å². The molecule has 156 valence electrons. The Morgan fingerprint density at radius 1 is 0.900 bits per heavy atom. The highest BCUT2D eigenvalue weighted by atomic mass is 32.2. The number of ether oxygens (including phenoxy) is 3. The standard InChI is InChI=1S/C22H21NO6S/c1-27-18-9-5-7-16(13-18)15-29-22(24)17-8-6-10-19(14-17)30(25,26)23-20-11-3-4-12-21(20)28-2/h3-14,23H,15H2,1-2H3. The molecule has 0 saturated carbocycles. The first-order valence-electron chi connectivity index (χ1n) is 8.99. The SMILES string of the molecule is COc1cccc(COC(=O)c2cccc(S(=O)(=O)Nc3ccccc3OC)c2)c1. The third kappa shape index (κ3) is 5.09. The van der Waals surface area contributed by atoms with Gasteiger partial charge in [0.15, 0.2) is 0 Å². The first-order chi connectivity index (χ1) is 14.4. The van der Waals surface area contributed by atoms with Crippen LogP contribution in [0.2, 0.25) is 0 Å². The minimum Gasteiger partial charge on any atom is -0.497 e. The van der Waals surface area contributed by atoms with Gasteiger partial charge in [-0.1, -0.05) is 30.3 Å². The molecular formula is C22H21NO6S. The third-order valence-electron chi connectivity index (χ3n) is 4.24. The molecule has 30 heavy (non-hydrogen) atoms. The quantitative estimate of drug-likeness (QED) is 0.549. The molecular weight excluding hydrogens is 406 g/mol. The Morgan fingerprint density at radius 3 is 2.43 bits per heavy atom. The average molecular weight is 427 g/mol. The molecule has 0 bridgehead atoms. The van der Waals surface area contributed by atoms with Gasteiger partial charge in [-0.15, -0.1) is 0 Å². The number of methoxy groups -OCH3 is 2. The summed E-state index contributed by atoms with van der Waals surface area (Å²) < 4.78 is 43.6. The number of benzene rings is 3. The van der Waals surface area contributed by atoms with E-state index in [1.165, 1.54) is 31.4 Å². The second kappa shape index (κ2) is 9.32. The normalized spacial score (nSPS) is 10.9. The molecule has 1 N–H and O–H groups in total. The van der Waals surface area contributed by atoms with Gasteiger partial charge in [-0.3, -0.25) is 4.72 Å². The van der Waals surface area contributed by atoms with Crippen LogP contribution in [-0.2, 0) is 21.4 Å². The van der Waals surface area contributed by atoms with Crippen LogP contribution < -0.4 is 14.2 Å². The molecule has 0 heterocycles. The van der Waals surface area contributed by atoms with Gasteiger partial charge in [0.25, 0.3) is 10.0 Å². The molecule has 8 heteroatoms. The Morgan fingerprint density at radius 2 is 1.67 bits per heavy atom. The Balaban J connectivity index is 1.75. The van der Waals surface area contributed by atoms with Gasteiger partial charge in [-0.05, 0) is 48.0 Å². The van der Waals surface area contributed by atoms with Crippen LogP contribution in [0, 0.1) is 0 Å². The lowest BCUT2D eigenvalue weighted by atomic mass is 10.2. The van der Waals surface area contributed by atoms with Gasteiger partial charge < -0.3 is 14.2 Å². The predicted octanol–water partition coefficient (Wildman–Crippen LogP) is 3.86.